The molecule has 126 valence electrons. The third kappa shape index (κ3) is 3.10. The van der Waals surface area contributed by atoms with E-state index in [0.717, 1.165) is 36.8 Å². The minimum absolute atomic E-state index is 0.178. The summed E-state index contributed by atoms with van der Waals surface area (Å²) in [6, 6.07) is 7.43. The standard InChI is InChI=1S/C19H22FN3S/c1-2-19-21-15(12-24-19)11-23-8-4-3-5-18(23)17-10-13-9-14(20)6-7-16(13)22-17/h6-7,9-10,12,18,22H,2-5,8,11H2,1H3. The fourth-order valence-electron chi connectivity index (χ4n) is 3.63. The Hall–Kier alpha value is -1.72. The van der Waals surface area contributed by atoms with Crippen LogP contribution in [0.2, 0.25) is 0 Å². The highest BCUT2D eigenvalue weighted by Crippen LogP contribution is 2.33. The van der Waals surface area contributed by atoms with Crippen molar-refractivity contribution in [1.29, 1.82) is 0 Å². The van der Waals surface area contributed by atoms with Crippen LogP contribution in [0.5, 0.6) is 0 Å². The van der Waals surface area contributed by atoms with Crippen LogP contribution in [-0.2, 0) is 13.0 Å². The van der Waals surface area contributed by atoms with Crippen molar-refractivity contribution in [3.8, 4) is 0 Å². The zero-order chi connectivity index (χ0) is 16.5. The number of nitrogens with zero attached hydrogens (tertiary/aromatic N) is 2. The van der Waals surface area contributed by atoms with Gasteiger partial charge < -0.3 is 4.98 Å². The molecule has 24 heavy (non-hydrogen) atoms. The van der Waals surface area contributed by atoms with E-state index < -0.39 is 0 Å². The van der Waals surface area contributed by atoms with Gasteiger partial charge in [-0.1, -0.05) is 13.3 Å². The summed E-state index contributed by atoms with van der Waals surface area (Å²) in [7, 11) is 0. The predicted octanol–water partition coefficient (Wildman–Crippen LogP) is 5.05. The topological polar surface area (TPSA) is 31.9 Å². The Morgan fingerprint density at radius 3 is 3.08 bits per heavy atom. The maximum Gasteiger partial charge on any atom is 0.123 e. The molecule has 5 heteroatoms. The quantitative estimate of drug-likeness (QED) is 0.718. The van der Waals surface area contributed by atoms with Crippen molar-refractivity contribution in [2.24, 2.45) is 0 Å². The molecule has 2 aromatic heterocycles. The van der Waals surface area contributed by atoms with Gasteiger partial charge in [0, 0.05) is 28.5 Å². The number of aromatic amines is 1. The first-order valence-electron chi connectivity index (χ1n) is 8.68. The monoisotopic (exact) mass is 343 g/mol. The molecule has 0 amide bonds. The third-order valence-electron chi connectivity index (χ3n) is 4.84. The van der Waals surface area contributed by atoms with Gasteiger partial charge in [-0.15, -0.1) is 11.3 Å². The number of hydrogen-bond acceptors (Lipinski definition) is 3. The number of likely N-dealkylation sites (tertiary alicyclic amines) is 1. The van der Waals surface area contributed by atoms with E-state index in [4.69, 9.17) is 4.98 Å². The highest BCUT2D eigenvalue weighted by molar-refractivity contribution is 7.09. The number of aromatic nitrogens is 2. The number of thiazole rings is 1. The maximum atomic E-state index is 13.5. The van der Waals surface area contributed by atoms with Gasteiger partial charge in [0.1, 0.15) is 5.82 Å². The van der Waals surface area contributed by atoms with E-state index in [1.54, 1.807) is 17.4 Å². The summed E-state index contributed by atoms with van der Waals surface area (Å²) in [5.74, 6) is -0.178. The number of benzene rings is 1. The summed E-state index contributed by atoms with van der Waals surface area (Å²) < 4.78 is 13.5. The maximum absolute atomic E-state index is 13.5. The van der Waals surface area contributed by atoms with E-state index in [1.165, 1.54) is 35.3 Å². The average molecular weight is 343 g/mol. The second-order valence-corrected chi connectivity index (χ2v) is 7.47. The van der Waals surface area contributed by atoms with E-state index >= 15 is 0 Å². The molecule has 0 saturated carbocycles. The number of fused-ring (bicyclic) bond motifs is 1. The molecule has 0 radical (unpaired) electrons. The van der Waals surface area contributed by atoms with Crippen molar-refractivity contribution < 1.29 is 4.39 Å². The third-order valence-corrected chi connectivity index (χ3v) is 5.89. The molecule has 1 unspecified atom stereocenters. The molecule has 1 aliphatic heterocycles. The van der Waals surface area contributed by atoms with Crippen molar-refractivity contribution in [2.75, 3.05) is 6.54 Å². The van der Waals surface area contributed by atoms with Crippen LogP contribution in [0.25, 0.3) is 10.9 Å². The zero-order valence-electron chi connectivity index (χ0n) is 13.9. The normalized spacial score (nSPS) is 19.2. The highest BCUT2D eigenvalue weighted by Gasteiger charge is 2.26. The van der Waals surface area contributed by atoms with Crippen molar-refractivity contribution >= 4 is 22.2 Å². The molecule has 1 aromatic carbocycles. The fourth-order valence-corrected chi connectivity index (χ4v) is 4.37. The van der Waals surface area contributed by atoms with Crippen LogP contribution in [0.3, 0.4) is 0 Å². The van der Waals surface area contributed by atoms with E-state index in [1.807, 2.05) is 6.07 Å². The molecule has 3 nitrogen and oxygen atoms in total. The second-order valence-electron chi connectivity index (χ2n) is 6.52. The SMILES string of the molecule is CCc1nc(CN2CCCCC2c2cc3cc(F)ccc3[nH]2)cs1. The van der Waals surface area contributed by atoms with E-state index in [-0.39, 0.29) is 5.82 Å². The number of hydrogen-bond donors (Lipinski definition) is 1. The fraction of sp³-hybridized carbons (Fsp3) is 0.421. The van der Waals surface area contributed by atoms with Crippen LogP contribution in [0.1, 0.15) is 48.6 Å². The van der Waals surface area contributed by atoms with Crippen LogP contribution < -0.4 is 0 Å². The van der Waals surface area contributed by atoms with Crippen LogP contribution in [0.15, 0.2) is 29.6 Å². The van der Waals surface area contributed by atoms with Gasteiger partial charge >= 0.3 is 0 Å². The lowest BCUT2D eigenvalue weighted by Crippen LogP contribution is -2.33. The van der Waals surface area contributed by atoms with Crippen LogP contribution in [0.4, 0.5) is 4.39 Å². The van der Waals surface area contributed by atoms with Gasteiger partial charge in [-0.25, -0.2) is 9.37 Å². The molecule has 1 saturated heterocycles. The smallest absolute Gasteiger partial charge is 0.123 e. The van der Waals surface area contributed by atoms with Crippen molar-refractivity contribution in [1.82, 2.24) is 14.9 Å². The van der Waals surface area contributed by atoms with E-state index in [0.29, 0.717) is 6.04 Å². The Balaban J connectivity index is 1.60. The average Bonchev–Trinajstić information content (AvgIpc) is 3.21. The Labute approximate surface area is 145 Å². The highest BCUT2D eigenvalue weighted by atomic mass is 32.1. The molecule has 3 heterocycles. The molecular formula is C19H22FN3S. The van der Waals surface area contributed by atoms with Crippen LogP contribution >= 0.6 is 11.3 Å². The molecular weight excluding hydrogens is 321 g/mol. The minimum atomic E-state index is -0.178. The predicted molar refractivity (Wildman–Crippen MR) is 96.8 cm³/mol. The van der Waals surface area contributed by atoms with E-state index in [9.17, 15) is 4.39 Å². The summed E-state index contributed by atoms with van der Waals surface area (Å²) in [5.41, 5.74) is 3.38. The lowest BCUT2D eigenvalue weighted by molar-refractivity contribution is 0.136. The first kappa shape index (κ1) is 15.8. The largest absolute Gasteiger partial charge is 0.357 e. The lowest BCUT2D eigenvalue weighted by atomic mass is 9.99. The zero-order valence-corrected chi connectivity index (χ0v) is 14.7. The number of piperidine rings is 1. The van der Waals surface area contributed by atoms with Gasteiger partial charge in [0.2, 0.25) is 0 Å². The molecule has 1 N–H and O–H groups in total. The van der Waals surface area contributed by atoms with Crippen LogP contribution in [-0.4, -0.2) is 21.4 Å². The van der Waals surface area contributed by atoms with Gasteiger partial charge in [0.15, 0.2) is 0 Å². The summed E-state index contributed by atoms with van der Waals surface area (Å²) in [6.07, 6.45) is 4.61. The number of rotatable bonds is 4. The molecule has 0 aliphatic carbocycles. The Kier molecular flexibility index (Phi) is 4.37. The lowest BCUT2D eigenvalue weighted by Gasteiger charge is -2.34. The molecule has 1 atom stereocenters. The molecule has 1 fully saturated rings. The van der Waals surface area contributed by atoms with Crippen molar-refractivity contribution in [3.63, 3.8) is 0 Å². The van der Waals surface area contributed by atoms with Gasteiger partial charge in [0.25, 0.3) is 0 Å². The minimum Gasteiger partial charge on any atom is -0.357 e. The molecule has 0 spiro atoms. The first-order valence-corrected chi connectivity index (χ1v) is 9.56. The summed E-state index contributed by atoms with van der Waals surface area (Å²) >= 11 is 1.75. The van der Waals surface area contributed by atoms with Crippen LogP contribution in [0, 0.1) is 5.82 Å². The Bertz CT molecular complexity index is 838. The van der Waals surface area contributed by atoms with Crippen molar-refractivity contribution in [2.45, 2.75) is 45.2 Å². The summed E-state index contributed by atoms with van der Waals surface area (Å²) in [4.78, 5) is 10.7. The molecule has 0 bridgehead atoms. The second kappa shape index (κ2) is 6.65. The Morgan fingerprint density at radius 2 is 2.25 bits per heavy atom. The summed E-state index contributed by atoms with van der Waals surface area (Å²) in [5, 5.41) is 4.35. The van der Waals surface area contributed by atoms with Gasteiger partial charge in [0.05, 0.1) is 16.7 Å². The number of nitrogens with one attached hydrogen (secondary N) is 1. The molecule has 1 aliphatic rings. The van der Waals surface area contributed by atoms with Gasteiger partial charge in [-0.05, 0) is 50.1 Å². The van der Waals surface area contributed by atoms with Crippen molar-refractivity contribution in [3.05, 3.63) is 51.9 Å². The summed E-state index contributed by atoms with van der Waals surface area (Å²) in [6.45, 7) is 4.13. The number of halogens is 1. The Morgan fingerprint density at radius 1 is 1.33 bits per heavy atom. The molecule has 4 rings (SSSR count). The number of H-pyrrole nitrogens is 1. The number of aryl methyl sites for hydroxylation is 1. The molecule has 3 aromatic rings. The van der Waals surface area contributed by atoms with E-state index in [2.05, 4.69) is 28.3 Å². The van der Waals surface area contributed by atoms with Gasteiger partial charge in [-0.3, -0.25) is 4.90 Å². The first-order chi connectivity index (χ1) is 11.7. The van der Waals surface area contributed by atoms with Gasteiger partial charge in [-0.2, -0.15) is 0 Å².